The molecule has 1 heterocycles. The molecule has 0 saturated carbocycles. The van der Waals surface area contributed by atoms with Gasteiger partial charge in [-0.05, 0) is 30.7 Å². The number of hydrogen-bond donors (Lipinski definition) is 2. The maximum Gasteiger partial charge on any atom is 0.317 e. The monoisotopic (exact) mass is 459 g/mol. The van der Waals surface area contributed by atoms with E-state index in [-0.39, 0.29) is 23.9 Å². The first kappa shape index (κ1) is 26.2. The summed E-state index contributed by atoms with van der Waals surface area (Å²) in [6.45, 7) is 9.37. The first-order chi connectivity index (χ1) is 15.7. The molecule has 0 aliphatic carbocycles. The maximum atomic E-state index is 12.9. The molecule has 1 aromatic carbocycles. The molecule has 0 fully saturated rings. The highest BCUT2D eigenvalue weighted by Crippen LogP contribution is 2.27. The highest BCUT2D eigenvalue weighted by atomic mass is 16.5. The van der Waals surface area contributed by atoms with E-state index < -0.39 is 0 Å². The molecule has 0 radical (unpaired) electrons. The summed E-state index contributed by atoms with van der Waals surface area (Å²) < 4.78 is 12.0. The van der Waals surface area contributed by atoms with E-state index >= 15 is 0 Å². The van der Waals surface area contributed by atoms with Gasteiger partial charge < -0.3 is 25.0 Å². The molecule has 9 heteroatoms. The molecule has 9 nitrogen and oxygen atoms in total. The lowest BCUT2D eigenvalue weighted by Crippen LogP contribution is -2.45. The molecule has 0 saturated heterocycles. The minimum Gasteiger partial charge on any atom is -0.497 e. The Hall–Kier alpha value is -3.07. The Morgan fingerprint density at radius 1 is 1.15 bits per heavy atom. The Labute approximate surface area is 196 Å². The van der Waals surface area contributed by atoms with Crippen LogP contribution >= 0.6 is 0 Å². The van der Waals surface area contributed by atoms with E-state index in [0.29, 0.717) is 25.5 Å². The summed E-state index contributed by atoms with van der Waals surface area (Å²) in [7, 11) is 3.18. The number of hydrogen-bond acceptors (Lipinski definition) is 5. The standard InChI is InChI=1S/C24H37N5O4/c1-7-8-13-25-23(31)28(14-15-32-5)17-22(30)26-21-16-20(24(2,3)4)27-29(21)18-9-11-19(33-6)12-10-18/h9-12,16H,7-8,13-15,17H2,1-6H3,(H,25,31)(H,26,30). The number of nitrogens with zero attached hydrogens (tertiary/aromatic N) is 3. The Kier molecular flexibility index (Phi) is 9.72. The predicted octanol–water partition coefficient (Wildman–Crippen LogP) is 3.58. The van der Waals surface area contributed by atoms with Crippen molar-refractivity contribution >= 4 is 17.8 Å². The molecule has 2 aromatic rings. The topological polar surface area (TPSA) is 97.7 Å². The molecule has 2 N–H and O–H groups in total. The third kappa shape index (κ3) is 7.78. The van der Waals surface area contributed by atoms with Crippen molar-refractivity contribution in [2.75, 3.05) is 45.8 Å². The van der Waals surface area contributed by atoms with Crippen LogP contribution in [0.3, 0.4) is 0 Å². The number of urea groups is 1. The van der Waals surface area contributed by atoms with Crippen LogP contribution in [0.1, 0.15) is 46.2 Å². The van der Waals surface area contributed by atoms with Crippen molar-refractivity contribution in [1.82, 2.24) is 20.0 Å². The van der Waals surface area contributed by atoms with Gasteiger partial charge >= 0.3 is 6.03 Å². The van der Waals surface area contributed by atoms with Gasteiger partial charge in [0.15, 0.2) is 0 Å². The Bertz CT molecular complexity index is 903. The summed E-state index contributed by atoms with van der Waals surface area (Å²) in [4.78, 5) is 26.9. The number of benzene rings is 1. The van der Waals surface area contributed by atoms with Crippen LogP contribution in [0.25, 0.3) is 5.69 Å². The number of methoxy groups -OCH3 is 2. The Morgan fingerprint density at radius 3 is 2.42 bits per heavy atom. The number of carbonyl (C=O) groups is 2. The minimum absolute atomic E-state index is 0.0973. The van der Waals surface area contributed by atoms with Gasteiger partial charge in [-0.25, -0.2) is 9.48 Å². The first-order valence-corrected chi connectivity index (χ1v) is 11.3. The molecule has 0 spiro atoms. The van der Waals surface area contributed by atoms with E-state index in [2.05, 4.69) is 38.3 Å². The highest BCUT2D eigenvalue weighted by Gasteiger charge is 2.23. The maximum absolute atomic E-state index is 12.9. The Morgan fingerprint density at radius 2 is 1.85 bits per heavy atom. The number of rotatable bonds is 11. The van der Waals surface area contributed by atoms with E-state index in [4.69, 9.17) is 14.6 Å². The average molecular weight is 460 g/mol. The van der Waals surface area contributed by atoms with Crippen LogP contribution in [0.4, 0.5) is 10.6 Å². The summed E-state index contributed by atoms with van der Waals surface area (Å²) in [5.41, 5.74) is 1.42. The molecule has 0 atom stereocenters. The zero-order valence-corrected chi connectivity index (χ0v) is 20.6. The van der Waals surface area contributed by atoms with Gasteiger partial charge in [0.05, 0.1) is 25.1 Å². The third-order valence-electron chi connectivity index (χ3n) is 5.06. The fourth-order valence-corrected chi connectivity index (χ4v) is 3.05. The molecule has 33 heavy (non-hydrogen) atoms. The highest BCUT2D eigenvalue weighted by molar-refractivity contribution is 5.94. The van der Waals surface area contributed by atoms with Crippen LogP contribution < -0.4 is 15.4 Å². The van der Waals surface area contributed by atoms with Gasteiger partial charge in [-0.3, -0.25) is 4.79 Å². The number of unbranched alkanes of at least 4 members (excludes halogenated alkanes) is 1. The lowest BCUT2D eigenvalue weighted by molar-refractivity contribution is -0.116. The van der Waals surface area contributed by atoms with E-state index in [1.165, 1.54) is 4.90 Å². The number of amides is 3. The average Bonchev–Trinajstić information content (AvgIpc) is 3.21. The molecule has 0 unspecified atom stereocenters. The molecular weight excluding hydrogens is 422 g/mol. The zero-order valence-electron chi connectivity index (χ0n) is 20.6. The van der Waals surface area contributed by atoms with Crippen molar-refractivity contribution in [2.24, 2.45) is 0 Å². The quantitative estimate of drug-likeness (QED) is 0.501. The van der Waals surface area contributed by atoms with Gasteiger partial charge in [-0.15, -0.1) is 0 Å². The summed E-state index contributed by atoms with van der Waals surface area (Å²) in [6.07, 6.45) is 1.86. The summed E-state index contributed by atoms with van der Waals surface area (Å²) in [5, 5.41) is 10.5. The number of anilines is 1. The van der Waals surface area contributed by atoms with Crippen LogP contribution in [0, 0.1) is 0 Å². The van der Waals surface area contributed by atoms with Crippen molar-refractivity contribution in [2.45, 2.75) is 46.0 Å². The van der Waals surface area contributed by atoms with Gasteiger partial charge in [0, 0.05) is 31.7 Å². The van der Waals surface area contributed by atoms with Crippen molar-refractivity contribution in [3.05, 3.63) is 36.0 Å². The second kappa shape index (κ2) is 12.2. The number of ether oxygens (including phenoxy) is 2. The normalized spacial score (nSPS) is 11.2. The van der Waals surface area contributed by atoms with Crippen LogP contribution in [0.5, 0.6) is 5.75 Å². The summed E-state index contributed by atoms with van der Waals surface area (Å²) in [6, 6.07) is 9.01. The van der Waals surface area contributed by atoms with E-state index in [9.17, 15) is 9.59 Å². The van der Waals surface area contributed by atoms with Crippen LogP contribution in [0.15, 0.2) is 30.3 Å². The molecule has 182 valence electrons. The molecule has 3 amide bonds. The van der Waals surface area contributed by atoms with Crippen molar-refractivity contribution in [3.8, 4) is 11.4 Å². The molecule has 0 bridgehead atoms. The largest absolute Gasteiger partial charge is 0.497 e. The smallest absolute Gasteiger partial charge is 0.317 e. The lowest BCUT2D eigenvalue weighted by Gasteiger charge is -2.22. The second-order valence-electron chi connectivity index (χ2n) is 8.82. The summed E-state index contributed by atoms with van der Waals surface area (Å²) >= 11 is 0. The lowest BCUT2D eigenvalue weighted by atomic mass is 9.92. The summed E-state index contributed by atoms with van der Waals surface area (Å²) in [5.74, 6) is 0.954. The van der Waals surface area contributed by atoms with Crippen LogP contribution in [-0.2, 0) is 14.9 Å². The molecule has 0 aliphatic heterocycles. The number of nitrogens with one attached hydrogen (secondary N) is 2. The van der Waals surface area contributed by atoms with E-state index in [1.54, 1.807) is 18.9 Å². The van der Waals surface area contributed by atoms with E-state index in [0.717, 1.165) is 30.0 Å². The second-order valence-corrected chi connectivity index (χ2v) is 8.82. The minimum atomic E-state index is -0.313. The van der Waals surface area contributed by atoms with Crippen molar-refractivity contribution < 1.29 is 19.1 Å². The first-order valence-electron chi connectivity index (χ1n) is 11.3. The fourth-order valence-electron chi connectivity index (χ4n) is 3.05. The van der Waals surface area contributed by atoms with Crippen molar-refractivity contribution in [3.63, 3.8) is 0 Å². The van der Waals surface area contributed by atoms with Crippen molar-refractivity contribution in [1.29, 1.82) is 0 Å². The number of aromatic nitrogens is 2. The third-order valence-corrected chi connectivity index (χ3v) is 5.06. The molecular formula is C24H37N5O4. The SMILES string of the molecule is CCCCNC(=O)N(CCOC)CC(=O)Nc1cc(C(C)(C)C)nn1-c1ccc(OC)cc1. The van der Waals surface area contributed by atoms with Crippen LogP contribution in [-0.4, -0.2) is 67.1 Å². The number of carbonyl (C=O) groups excluding carboxylic acids is 2. The molecule has 1 aromatic heterocycles. The molecule has 0 aliphatic rings. The van der Waals surface area contributed by atoms with Crippen LogP contribution in [0.2, 0.25) is 0 Å². The van der Waals surface area contributed by atoms with Gasteiger partial charge in [0.2, 0.25) is 5.91 Å². The van der Waals surface area contributed by atoms with E-state index in [1.807, 2.05) is 30.3 Å². The van der Waals surface area contributed by atoms with Gasteiger partial charge in [-0.2, -0.15) is 5.10 Å². The molecule has 2 rings (SSSR count). The van der Waals surface area contributed by atoms with Gasteiger partial charge in [0.25, 0.3) is 0 Å². The Balaban J connectivity index is 2.22. The predicted molar refractivity (Wildman–Crippen MR) is 129 cm³/mol. The zero-order chi connectivity index (χ0) is 24.4. The van der Waals surface area contributed by atoms with Gasteiger partial charge in [0.1, 0.15) is 18.1 Å². The van der Waals surface area contributed by atoms with Gasteiger partial charge in [-0.1, -0.05) is 34.1 Å². The fraction of sp³-hybridized carbons (Fsp3) is 0.542.